The topological polar surface area (TPSA) is 106 Å². The van der Waals surface area contributed by atoms with E-state index in [0.29, 0.717) is 41.2 Å². The summed E-state index contributed by atoms with van der Waals surface area (Å²) >= 11 is 0. The highest BCUT2D eigenvalue weighted by molar-refractivity contribution is 6.05. The van der Waals surface area contributed by atoms with Crippen LogP contribution in [0.2, 0.25) is 0 Å². The van der Waals surface area contributed by atoms with Gasteiger partial charge in [-0.25, -0.2) is 4.39 Å². The lowest BCUT2D eigenvalue weighted by atomic mass is 10.0. The van der Waals surface area contributed by atoms with Crippen molar-refractivity contribution in [1.29, 1.82) is 5.26 Å². The Morgan fingerprint density at radius 2 is 1.79 bits per heavy atom. The number of imide groups is 1. The minimum absolute atomic E-state index is 0.00348. The first kappa shape index (κ1) is 26.2. The molecule has 0 unspecified atom stereocenters. The minimum atomic E-state index is -1.84. The number of piperazine rings is 1. The SMILES string of the molecule is [2H][C@@]1(N2Cc3c(OCc4ccc(CN5CCN(c6ccc(C#N)cc6F)CC5)cc4)cccc3C2=O)CCC(=O)NC1=O. The fourth-order valence-electron chi connectivity index (χ4n) is 5.66. The van der Waals surface area contributed by atoms with Gasteiger partial charge in [0.25, 0.3) is 5.91 Å². The third kappa shape index (κ3) is 5.56. The van der Waals surface area contributed by atoms with Crippen LogP contribution in [-0.2, 0) is 29.3 Å². The molecule has 3 aromatic rings. The van der Waals surface area contributed by atoms with Gasteiger partial charge in [0.1, 0.15) is 24.2 Å². The molecule has 3 heterocycles. The Kier molecular flexibility index (Phi) is 7.24. The monoisotopic (exact) mass is 568 g/mol. The van der Waals surface area contributed by atoms with Crippen molar-refractivity contribution >= 4 is 23.4 Å². The van der Waals surface area contributed by atoms with E-state index in [1.54, 1.807) is 30.3 Å². The van der Waals surface area contributed by atoms with Crippen molar-refractivity contribution in [2.75, 3.05) is 31.1 Å². The summed E-state index contributed by atoms with van der Waals surface area (Å²) in [6.07, 6.45) is -0.0468. The van der Waals surface area contributed by atoms with E-state index in [2.05, 4.69) is 22.3 Å². The summed E-state index contributed by atoms with van der Waals surface area (Å²) in [5.41, 5.74) is 3.96. The van der Waals surface area contributed by atoms with Gasteiger partial charge in [-0.1, -0.05) is 30.3 Å². The smallest absolute Gasteiger partial charge is 0.255 e. The van der Waals surface area contributed by atoms with Crippen LogP contribution in [0.1, 0.15) is 46.8 Å². The van der Waals surface area contributed by atoms with Crippen molar-refractivity contribution in [2.24, 2.45) is 0 Å². The third-order valence-corrected chi connectivity index (χ3v) is 7.97. The molecule has 2 saturated heterocycles. The second-order valence-corrected chi connectivity index (χ2v) is 10.6. The molecule has 214 valence electrons. The van der Waals surface area contributed by atoms with Crippen molar-refractivity contribution in [3.8, 4) is 11.8 Å². The number of amides is 3. The molecule has 0 spiro atoms. The first-order valence-corrected chi connectivity index (χ1v) is 13.9. The van der Waals surface area contributed by atoms with Crippen LogP contribution in [0.25, 0.3) is 0 Å². The summed E-state index contributed by atoms with van der Waals surface area (Å²) in [4.78, 5) is 42.8. The van der Waals surface area contributed by atoms with E-state index >= 15 is 0 Å². The predicted octanol–water partition coefficient (Wildman–Crippen LogP) is 3.36. The number of carbonyl (C=O) groups is 3. The van der Waals surface area contributed by atoms with Gasteiger partial charge in [-0.2, -0.15) is 5.26 Å². The second kappa shape index (κ2) is 11.6. The van der Waals surface area contributed by atoms with Crippen LogP contribution in [-0.4, -0.2) is 59.7 Å². The highest BCUT2D eigenvalue weighted by Gasteiger charge is 2.40. The average molecular weight is 569 g/mol. The van der Waals surface area contributed by atoms with Gasteiger partial charge in [0.15, 0.2) is 0 Å². The highest BCUT2D eigenvalue weighted by atomic mass is 19.1. The number of nitrogens with zero attached hydrogens (tertiary/aromatic N) is 4. The maximum atomic E-state index is 14.4. The molecule has 9 nitrogen and oxygen atoms in total. The zero-order valence-electron chi connectivity index (χ0n) is 23.9. The minimum Gasteiger partial charge on any atom is -0.489 e. The number of nitrogens with one attached hydrogen (secondary N) is 1. The molecule has 0 saturated carbocycles. The van der Waals surface area contributed by atoms with Crippen molar-refractivity contribution in [2.45, 2.75) is 38.6 Å². The molecule has 3 aromatic carbocycles. The number of nitriles is 1. The number of hydrogen-bond donors (Lipinski definition) is 1. The molecule has 3 aliphatic heterocycles. The zero-order chi connectivity index (χ0) is 30.1. The molecule has 2 fully saturated rings. The van der Waals surface area contributed by atoms with Gasteiger partial charge in [-0.3, -0.25) is 24.6 Å². The van der Waals surface area contributed by atoms with Gasteiger partial charge in [-0.15, -0.1) is 0 Å². The summed E-state index contributed by atoms with van der Waals surface area (Å²) in [5, 5.41) is 11.2. The molecule has 10 heteroatoms. The molecule has 42 heavy (non-hydrogen) atoms. The summed E-state index contributed by atoms with van der Waals surface area (Å²) in [6, 6.07) is 18.0. The molecule has 0 aliphatic carbocycles. The number of fused-ring (bicyclic) bond motifs is 1. The van der Waals surface area contributed by atoms with Gasteiger partial charge in [0.05, 0.1) is 25.2 Å². The lowest BCUT2D eigenvalue weighted by molar-refractivity contribution is -0.136. The molecule has 3 aliphatic rings. The van der Waals surface area contributed by atoms with Crippen LogP contribution >= 0.6 is 0 Å². The molecule has 0 aromatic heterocycles. The lowest BCUT2D eigenvalue weighted by Gasteiger charge is -2.36. The number of hydrogen-bond acceptors (Lipinski definition) is 7. The Hall–Kier alpha value is -4.75. The Morgan fingerprint density at radius 1 is 1.02 bits per heavy atom. The summed E-state index contributed by atoms with van der Waals surface area (Å²) < 4.78 is 29.2. The number of carbonyl (C=O) groups excluding carboxylic acids is 3. The van der Waals surface area contributed by atoms with E-state index in [-0.39, 0.29) is 31.8 Å². The Balaban J connectivity index is 1.04. The van der Waals surface area contributed by atoms with Crippen LogP contribution in [0.4, 0.5) is 10.1 Å². The first-order valence-electron chi connectivity index (χ1n) is 14.4. The van der Waals surface area contributed by atoms with Crippen molar-refractivity contribution in [3.63, 3.8) is 0 Å². The van der Waals surface area contributed by atoms with E-state index in [1.165, 1.54) is 11.0 Å². The summed E-state index contributed by atoms with van der Waals surface area (Å²) in [6.45, 7) is 4.07. The standard InChI is InChI=1S/C32H30FN5O4/c33-26-16-23(17-34)8-9-27(26)37-14-12-36(13-15-37)18-21-4-6-22(7-5-21)20-42-29-3-1-2-24-25(29)19-38(32(24)41)28-10-11-30(39)35-31(28)40/h1-9,16,28H,10-15,18-20H2,(H,35,39,40)/t28-/m1/s1/i28D. The normalized spacial score (nSPS) is 21.0. The highest BCUT2D eigenvalue weighted by Crippen LogP contribution is 2.34. The fourth-order valence-corrected chi connectivity index (χ4v) is 5.66. The van der Waals surface area contributed by atoms with Crippen LogP contribution in [0, 0.1) is 17.1 Å². The van der Waals surface area contributed by atoms with Gasteiger partial charge in [-0.05, 0) is 47.9 Å². The van der Waals surface area contributed by atoms with Crippen molar-refractivity contribution in [3.05, 3.63) is 94.3 Å². The van der Waals surface area contributed by atoms with E-state index in [1.807, 2.05) is 23.1 Å². The fraction of sp³-hybridized carbons (Fsp3) is 0.312. The van der Waals surface area contributed by atoms with Crippen molar-refractivity contribution < 1.29 is 24.9 Å². The summed E-state index contributed by atoms with van der Waals surface area (Å²) in [7, 11) is 0. The number of halogens is 1. The maximum Gasteiger partial charge on any atom is 0.255 e. The van der Waals surface area contributed by atoms with Gasteiger partial charge >= 0.3 is 0 Å². The average Bonchev–Trinajstić information content (AvgIpc) is 3.36. The number of benzene rings is 3. The molecular formula is C32H30FN5O4. The number of rotatable bonds is 7. The van der Waals surface area contributed by atoms with Crippen molar-refractivity contribution in [1.82, 2.24) is 15.1 Å². The molecule has 6 rings (SSSR count). The Labute approximate surface area is 244 Å². The number of ether oxygens (including phenoxy) is 1. The molecular weight excluding hydrogens is 537 g/mol. The third-order valence-electron chi connectivity index (χ3n) is 7.97. The van der Waals surface area contributed by atoms with E-state index in [9.17, 15) is 18.8 Å². The molecule has 0 bridgehead atoms. The zero-order valence-corrected chi connectivity index (χ0v) is 22.9. The summed E-state index contributed by atoms with van der Waals surface area (Å²) in [5.74, 6) is -1.50. The van der Waals surface area contributed by atoms with Crippen LogP contribution in [0.5, 0.6) is 5.75 Å². The maximum absolute atomic E-state index is 14.4. The molecule has 0 radical (unpaired) electrons. The Bertz CT molecular complexity index is 1630. The quantitative estimate of drug-likeness (QED) is 0.436. The number of piperidine rings is 1. The first-order chi connectivity index (χ1) is 20.7. The van der Waals surface area contributed by atoms with Crippen LogP contribution in [0.3, 0.4) is 0 Å². The number of anilines is 1. The largest absolute Gasteiger partial charge is 0.489 e. The van der Waals surface area contributed by atoms with E-state index < -0.39 is 23.7 Å². The molecule has 1 N–H and O–H groups in total. The van der Waals surface area contributed by atoms with E-state index in [4.69, 9.17) is 11.4 Å². The van der Waals surface area contributed by atoms with Gasteiger partial charge < -0.3 is 14.5 Å². The van der Waals surface area contributed by atoms with Crippen LogP contribution < -0.4 is 15.0 Å². The molecule has 1 atom stereocenters. The van der Waals surface area contributed by atoms with Crippen LogP contribution in [0.15, 0.2) is 60.7 Å². The van der Waals surface area contributed by atoms with Gasteiger partial charge in [0.2, 0.25) is 11.8 Å². The van der Waals surface area contributed by atoms with Gasteiger partial charge in [0, 0.05) is 50.3 Å². The Morgan fingerprint density at radius 3 is 2.50 bits per heavy atom. The second-order valence-electron chi connectivity index (χ2n) is 10.6. The predicted molar refractivity (Wildman–Crippen MR) is 152 cm³/mol. The lowest BCUT2D eigenvalue weighted by Crippen LogP contribution is -2.52. The molecule has 3 amide bonds. The van der Waals surface area contributed by atoms with E-state index in [0.717, 1.165) is 30.8 Å².